The van der Waals surface area contributed by atoms with Crippen LogP contribution in [0.5, 0.6) is 0 Å². The zero-order chi connectivity index (χ0) is 15.9. The molecule has 1 amide bonds. The Hall–Kier alpha value is -1.39. The van der Waals surface area contributed by atoms with E-state index >= 15 is 0 Å². The fraction of sp³-hybridized carbons (Fsp3) is 0.588. The Kier molecular flexibility index (Phi) is 6.85. The van der Waals surface area contributed by atoms with Crippen LogP contribution in [0.4, 0.5) is 0 Å². The molecule has 0 aliphatic rings. The van der Waals surface area contributed by atoms with Gasteiger partial charge in [-0.2, -0.15) is 0 Å². The maximum Gasteiger partial charge on any atom is 0.236 e. The van der Waals surface area contributed by atoms with Crippen molar-refractivity contribution >= 4 is 5.91 Å². The fourth-order valence-electron chi connectivity index (χ4n) is 1.92. The van der Waals surface area contributed by atoms with Crippen LogP contribution in [0.1, 0.15) is 38.8 Å². The second-order valence-corrected chi connectivity index (χ2v) is 6.33. The van der Waals surface area contributed by atoms with E-state index in [9.17, 15) is 4.79 Å². The molecule has 0 radical (unpaired) electrons. The van der Waals surface area contributed by atoms with E-state index in [1.165, 1.54) is 11.1 Å². The summed E-state index contributed by atoms with van der Waals surface area (Å²) in [5.41, 5.74) is 2.66. The van der Waals surface area contributed by atoms with Gasteiger partial charge >= 0.3 is 0 Å². The van der Waals surface area contributed by atoms with E-state index in [1.54, 1.807) is 7.11 Å². The Morgan fingerprint density at radius 1 is 1.24 bits per heavy atom. The molecule has 118 valence electrons. The minimum absolute atomic E-state index is 0.00152. The monoisotopic (exact) mass is 292 g/mol. The molecule has 1 aromatic carbocycles. The van der Waals surface area contributed by atoms with Crippen LogP contribution >= 0.6 is 0 Å². The van der Waals surface area contributed by atoms with Crippen molar-refractivity contribution in [2.24, 2.45) is 0 Å². The molecule has 21 heavy (non-hydrogen) atoms. The van der Waals surface area contributed by atoms with E-state index in [0.29, 0.717) is 19.7 Å². The van der Waals surface area contributed by atoms with Gasteiger partial charge in [0.25, 0.3) is 0 Å². The van der Waals surface area contributed by atoms with Gasteiger partial charge in [0, 0.05) is 20.2 Å². The highest BCUT2D eigenvalue weighted by Crippen LogP contribution is 2.22. The molecule has 0 aliphatic carbocycles. The van der Waals surface area contributed by atoms with Crippen LogP contribution in [0, 0.1) is 0 Å². The predicted molar refractivity (Wildman–Crippen MR) is 86.3 cm³/mol. The van der Waals surface area contributed by atoms with Crippen LogP contribution in [0.2, 0.25) is 0 Å². The third-order valence-corrected chi connectivity index (χ3v) is 3.43. The van der Waals surface area contributed by atoms with Crippen LogP contribution in [0.25, 0.3) is 0 Å². The minimum atomic E-state index is -0.218. The number of amides is 1. The van der Waals surface area contributed by atoms with Gasteiger partial charge in [0.05, 0.1) is 12.6 Å². The van der Waals surface area contributed by atoms with Gasteiger partial charge in [0.1, 0.15) is 0 Å². The Bertz CT molecular complexity index is 435. The minimum Gasteiger partial charge on any atom is -0.383 e. The van der Waals surface area contributed by atoms with Gasteiger partial charge in [-0.1, -0.05) is 45.0 Å². The molecule has 1 atom stereocenters. The van der Waals surface area contributed by atoms with Crippen LogP contribution in [-0.2, 0) is 21.5 Å². The molecule has 0 fully saturated rings. The highest BCUT2D eigenvalue weighted by atomic mass is 16.5. The molecule has 0 saturated heterocycles. The molecule has 0 aromatic heterocycles. The van der Waals surface area contributed by atoms with Crippen LogP contribution in [0.3, 0.4) is 0 Å². The first-order chi connectivity index (χ1) is 9.84. The lowest BCUT2D eigenvalue weighted by Crippen LogP contribution is -2.42. The normalized spacial score (nSPS) is 13.0. The van der Waals surface area contributed by atoms with Crippen molar-refractivity contribution in [3.63, 3.8) is 0 Å². The number of rotatable bonds is 7. The van der Waals surface area contributed by atoms with Gasteiger partial charge < -0.3 is 15.4 Å². The summed E-state index contributed by atoms with van der Waals surface area (Å²) in [6.45, 7) is 10.2. The van der Waals surface area contributed by atoms with Crippen molar-refractivity contribution in [2.45, 2.75) is 45.7 Å². The quantitative estimate of drug-likeness (QED) is 0.758. The first-order valence-corrected chi connectivity index (χ1v) is 7.44. The number of benzene rings is 1. The second kappa shape index (κ2) is 8.15. The average Bonchev–Trinajstić information content (AvgIpc) is 2.44. The highest BCUT2D eigenvalue weighted by Gasteiger charge is 2.14. The third kappa shape index (κ3) is 6.27. The molecule has 4 heteroatoms. The number of ether oxygens (including phenoxy) is 1. The molecule has 1 rings (SSSR count). The number of hydrogen-bond acceptors (Lipinski definition) is 3. The zero-order valence-corrected chi connectivity index (χ0v) is 13.8. The van der Waals surface area contributed by atoms with Gasteiger partial charge in [0.15, 0.2) is 0 Å². The number of carbonyl (C=O) groups is 1. The van der Waals surface area contributed by atoms with E-state index in [1.807, 2.05) is 6.92 Å². The maximum atomic E-state index is 11.8. The topological polar surface area (TPSA) is 50.4 Å². The highest BCUT2D eigenvalue weighted by molar-refractivity contribution is 5.81. The lowest BCUT2D eigenvalue weighted by molar-refractivity contribution is -0.122. The summed E-state index contributed by atoms with van der Waals surface area (Å²) in [5, 5.41) is 6.05. The SMILES string of the molecule is COCCNC(=O)C(C)NCc1ccc(C(C)(C)C)cc1. The smallest absolute Gasteiger partial charge is 0.236 e. The van der Waals surface area contributed by atoms with Gasteiger partial charge in [0.2, 0.25) is 5.91 Å². The Morgan fingerprint density at radius 3 is 2.38 bits per heavy atom. The van der Waals surface area contributed by atoms with Crippen LogP contribution in [-0.4, -0.2) is 32.2 Å². The molecular weight excluding hydrogens is 264 g/mol. The Balaban J connectivity index is 2.42. The molecule has 0 aliphatic heterocycles. The number of methoxy groups -OCH3 is 1. The van der Waals surface area contributed by atoms with Crippen molar-refractivity contribution in [1.29, 1.82) is 0 Å². The summed E-state index contributed by atoms with van der Waals surface area (Å²) in [7, 11) is 1.62. The summed E-state index contributed by atoms with van der Waals surface area (Å²) in [5.74, 6) is -0.00152. The van der Waals surface area contributed by atoms with E-state index in [0.717, 1.165) is 0 Å². The zero-order valence-electron chi connectivity index (χ0n) is 13.8. The fourth-order valence-corrected chi connectivity index (χ4v) is 1.92. The molecular formula is C17H28N2O2. The van der Waals surface area contributed by atoms with Gasteiger partial charge in [-0.25, -0.2) is 0 Å². The van der Waals surface area contributed by atoms with Crippen molar-refractivity contribution in [2.75, 3.05) is 20.3 Å². The molecule has 1 aromatic rings. The van der Waals surface area contributed by atoms with E-state index < -0.39 is 0 Å². The van der Waals surface area contributed by atoms with Gasteiger partial charge in [-0.3, -0.25) is 4.79 Å². The average molecular weight is 292 g/mol. The molecule has 0 heterocycles. The molecule has 0 spiro atoms. The summed E-state index contributed by atoms with van der Waals surface area (Å²) in [6, 6.07) is 8.32. The number of carbonyl (C=O) groups excluding carboxylic acids is 1. The predicted octanol–water partition coefficient (Wildman–Crippen LogP) is 2.22. The summed E-state index contributed by atoms with van der Waals surface area (Å²) in [6.07, 6.45) is 0. The van der Waals surface area contributed by atoms with Crippen molar-refractivity contribution < 1.29 is 9.53 Å². The van der Waals surface area contributed by atoms with E-state index in [4.69, 9.17) is 4.74 Å². The summed E-state index contributed by atoms with van der Waals surface area (Å²) in [4.78, 5) is 11.8. The molecule has 0 bridgehead atoms. The molecule has 4 nitrogen and oxygen atoms in total. The van der Waals surface area contributed by atoms with Crippen LogP contribution in [0.15, 0.2) is 24.3 Å². The maximum absolute atomic E-state index is 11.8. The Labute approximate surface area is 128 Å². The standard InChI is InChI=1S/C17H28N2O2/c1-13(16(20)18-10-11-21-5)19-12-14-6-8-15(9-7-14)17(2,3)4/h6-9,13,19H,10-12H2,1-5H3,(H,18,20). The lowest BCUT2D eigenvalue weighted by atomic mass is 9.87. The first-order valence-electron chi connectivity index (χ1n) is 7.44. The van der Waals surface area contributed by atoms with Crippen molar-refractivity contribution in [3.8, 4) is 0 Å². The van der Waals surface area contributed by atoms with Gasteiger partial charge in [-0.05, 0) is 23.5 Å². The lowest BCUT2D eigenvalue weighted by Gasteiger charge is -2.19. The number of nitrogens with one attached hydrogen (secondary N) is 2. The van der Waals surface area contributed by atoms with Gasteiger partial charge in [-0.15, -0.1) is 0 Å². The van der Waals surface area contributed by atoms with Crippen LogP contribution < -0.4 is 10.6 Å². The second-order valence-electron chi connectivity index (χ2n) is 6.33. The molecule has 1 unspecified atom stereocenters. The number of hydrogen-bond donors (Lipinski definition) is 2. The largest absolute Gasteiger partial charge is 0.383 e. The van der Waals surface area contributed by atoms with E-state index in [-0.39, 0.29) is 17.4 Å². The summed E-state index contributed by atoms with van der Waals surface area (Å²) >= 11 is 0. The first kappa shape index (κ1) is 17.7. The molecule has 2 N–H and O–H groups in total. The van der Waals surface area contributed by atoms with E-state index in [2.05, 4.69) is 55.7 Å². The summed E-state index contributed by atoms with van der Waals surface area (Å²) < 4.78 is 4.90. The van der Waals surface area contributed by atoms with Crippen molar-refractivity contribution in [1.82, 2.24) is 10.6 Å². The third-order valence-electron chi connectivity index (χ3n) is 3.43. The Morgan fingerprint density at radius 2 is 1.86 bits per heavy atom. The molecule has 0 saturated carbocycles. The van der Waals surface area contributed by atoms with Crippen molar-refractivity contribution in [3.05, 3.63) is 35.4 Å².